The van der Waals surface area contributed by atoms with E-state index >= 15 is 0 Å². The number of nitrogen functional groups attached to an aromatic ring is 1. The fourth-order valence-electron chi connectivity index (χ4n) is 4.12. The van der Waals surface area contributed by atoms with E-state index in [4.69, 9.17) is 15.5 Å². The van der Waals surface area contributed by atoms with Crippen LogP contribution in [0.2, 0.25) is 0 Å². The molecule has 0 bridgehead atoms. The number of benzene rings is 1. The van der Waals surface area contributed by atoms with Crippen LogP contribution in [0.3, 0.4) is 0 Å². The van der Waals surface area contributed by atoms with Crippen molar-refractivity contribution in [3.8, 4) is 33.8 Å². The van der Waals surface area contributed by atoms with E-state index in [1.54, 1.807) is 35.3 Å². The van der Waals surface area contributed by atoms with Gasteiger partial charge in [-0.3, -0.25) is 0 Å². The van der Waals surface area contributed by atoms with Crippen LogP contribution >= 0.6 is 0 Å². The van der Waals surface area contributed by atoms with Crippen LogP contribution in [-0.2, 0) is 0 Å². The van der Waals surface area contributed by atoms with E-state index in [9.17, 15) is 4.39 Å². The monoisotopic (exact) mass is 459 g/mol. The minimum absolute atomic E-state index is 0.223. The number of halogens is 1. The van der Waals surface area contributed by atoms with Crippen LogP contribution in [-0.4, -0.2) is 65.0 Å². The van der Waals surface area contributed by atoms with Crippen molar-refractivity contribution in [2.45, 2.75) is 0 Å². The maximum absolute atomic E-state index is 14.7. The second kappa shape index (κ2) is 9.11. The van der Waals surface area contributed by atoms with Gasteiger partial charge in [-0.05, 0) is 37.4 Å². The molecular formula is C25H26FN7O. The van der Waals surface area contributed by atoms with Crippen molar-refractivity contribution in [2.75, 3.05) is 51.0 Å². The Balaban J connectivity index is 1.46. The minimum Gasteiger partial charge on any atom is -0.496 e. The highest BCUT2D eigenvalue weighted by atomic mass is 19.1. The molecule has 0 amide bonds. The number of nitrogens with zero attached hydrogens (tertiary/aromatic N) is 6. The number of piperazine rings is 1. The van der Waals surface area contributed by atoms with Gasteiger partial charge in [0.2, 0.25) is 0 Å². The van der Waals surface area contributed by atoms with Gasteiger partial charge in [-0.2, -0.15) is 5.10 Å². The van der Waals surface area contributed by atoms with Crippen LogP contribution in [0.25, 0.3) is 28.1 Å². The van der Waals surface area contributed by atoms with Crippen LogP contribution in [0.15, 0.2) is 61.1 Å². The zero-order chi connectivity index (χ0) is 23.7. The van der Waals surface area contributed by atoms with Gasteiger partial charge in [-0.15, -0.1) is 0 Å². The number of likely N-dealkylation sites (N-methyl/N-ethyl adjacent to an activating group) is 1. The van der Waals surface area contributed by atoms with E-state index in [0.29, 0.717) is 11.3 Å². The first kappa shape index (κ1) is 21.8. The average Bonchev–Trinajstić information content (AvgIpc) is 3.35. The minimum atomic E-state index is -0.425. The Bertz CT molecular complexity index is 1310. The molecule has 0 unspecified atom stereocenters. The van der Waals surface area contributed by atoms with E-state index < -0.39 is 5.82 Å². The van der Waals surface area contributed by atoms with Gasteiger partial charge in [-0.1, -0.05) is 12.1 Å². The standard InChI is InChI=1S/C25H26FN7O/c1-31-9-11-32(12-10-31)22-7-4-8-23(30-22)33-16-18(15-29-33)17-13-19(25(27)28-14-17)24-20(26)5-3-6-21(24)34-2/h3-8,13-16H,9-12H2,1-2H3,(H2,27,28). The Kier molecular flexibility index (Phi) is 5.85. The molecule has 174 valence electrons. The van der Waals surface area contributed by atoms with E-state index in [2.05, 4.69) is 26.9 Å². The molecule has 1 saturated heterocycles. The smallest absolute Gasteiger partial charge is 0.155 e. The van der Waals surface area contributed by atoms with Crippen molar-refractivity contribution < 1.29 is 9.13 Å². The summed E-state index contributed by atoms with van der Waals surface area (Å²) in [5.41, 5.74) is 8.44. The number of nitrogens with two attached hydrogens (primary N) is 1. The predicted octanol–water partition coefficient (Wildman–Crippen LogP) is 3.48. The summed E-state index contributed by atoms with van der Waals surface area (Å²) in [5, 5.41) is 4.51. The molecule has 0 atom stereocenters. The normalized spacial score (nSPS) is 14.4. The average molecular weight is 460 g/mol. The summed E-state index contributed by atoms with van der Waals surface area (Å²) < 4.78 is 21.8. The number of ether oxygens (including phenoxy) is 1. The van der Waals surface area contributed by atoms with Crippen LogP contribution in [0, 0.1) is 5.82 Å². The lowest BCUT2D eigenvalue weighted by molar-refractivity contribution is 0.312. The summed E-state index contributed by atoms with van der Waals surface area (Å²) >= 11 is 0. The third kappa shape index (κ3) is 4.17. The third-order valence-corrected chi connectivity index (χ3v) is 6.08. The molecule has 4 heterocycles. The molecule has 0 aliphatic carbocycles. The first-order valence-electron chi connectivity index (χ1n) is 11.1. The summed E-state index contributed by atoms with van der Waals surface area (Å²) in [5.74, 6) is 1.85. The number of hydrogen-bond acceptors (Lipinski definition) is 7. The number of anilines is 2. The van der Waals surface area contributed by atoms with E-state index in [1.807, 2.05) is 24.4 Å². The Hall–Kier alpha value is -3.98. The molecule has 9 heteroatoms. The van der Waals surface area contributed by atoms with Gasteiger partial charge in [0, 0.05) is 55.3 Å². The first-order chi connectivity index (χ1) is 16.5. The summed E-state index contributed by atoms with van der Waals surface area (Å²) in [6.07, 6.45) is 5.27. The Morgan fingerprint density at radius 3 is 2.53 bits per heavy atom. The second-order valence-electron chi connectivity index (χ2n) is 8.29. The van der Waals surface area contributed by atoms with Crippen molar-refractivity contribution in [3.05, 3.63) is 66.9 Å². The third-order valence-electron chi connectivity index (χ3n) is 6.08. The van der Waals surface area contributed by atoms with E-state index in [1.165, 1.54) is 13.2 Å². The van der Waals surface area contributed by atoms with Crippen LogP contribution in [0.4, 0.5) is 16.0 Å². The fourth-order valence-corrected chi connectivity index (χ4v) is 4.12. The molecule has 1 aliphatic heterocycles. The van der Waals surface area contributed by atoms with Gasteiger partial charge in [0.15, 0.2) is 5.82 Å². The van der Waals surface area contributed by atoms with Crippen LogP contribution in [0.1, 0.15) is 0 Å². The molecule has 1 aromatic carbocycles. The summed E-state index contributed by atoms with van der Waals surface area (Å²) in [4.78, 5) is 13.7. The Morgan fingerprint density at radius 1 is 0.971 bits per heavy atom. The van der Waals surface area contributed by atoms with Gasteiger partial charge in [-0.25, -0.2) is 19.0 Å². The van der Waals surface area contributed by atoms with Gasteiger partial charge in [0.25, 0.3) is 0 Å². The summed E-state index contributed by atoms with van der Waals surface area (Å²) in [7, 11) is 3.63. The highest BCUT2D eigenvalue weighted by molar-refractivity contribution is 5.82. The van der Waals surface area contributed by atoms with Crippen molar-refractivity contribution in [2.24, 2.45) is 0 Å². The zero-order valence-corrected chi connectivity index (χ0v) is 19.1. The Morgan fingerprint density at radius 2 is 1.74 bits per heavy atom. The molecule has 0 saturated carbocycles. The largest absolute Gasteiger partial charge is 0.496 e. The quantitative estimate of drug-likeness (QED) is 0.489. The van der Waals surface area contributed by atoms with Crippen LogP contribution < -0.4 is 15.4 Å². The number of aromatic nitrogens is 4. The van der Waals surface area contributed by atoms with Gasteiger partial charge >= 0.3 is 0 Å². The number of methoxy groups -OCH3 is 1. The van der Waals surface area contributed by atoms with Crippen LogP contribution in [0.5, 0.6) is 5.75 Å². The molecular weight excluding hydrogens is 433 g/mol. The number of hydrogen-bond donors (Lipinski definition) is 1. The molecule has 0 radical (unpaired) electrons. The lowest BCUT2D eigenvalue weighted by Crippen LogP contribution is -2.44. The van der Waals surface area contributed by atoms with Gasteiger partial charge in [0.05, 0.1) is 18.9 Å². The van der Waals surface area contributed by atoms with Crippen molar-refractivity contribution in [1.82, 2.24) is 24.6 Å². The second-order valence-corrected chi connectivity index (χ2v) is 8.29. The zero-order valence-electron chi connectivity index (χ0n) is 19.1. The SMILES string of the molecule is COc1cccc(F)c1-c1cc(-c2cnn(-c3cccc(N4CCN(C)CC4)n3)c2)cnc1N. The Labute approximate surface area is 197 Å². The molecule has 0 spiro atoms. The summed E-state index contributed by atoms with van der Waals surface area (Å²) in [6, 6.07) is 12.4. The fraction of sp³-hybridized carbons (Fsp3) is 0.240. The lowest BCUT2D eigenvalue weighted by atomic mass is 10.0. The maximum Gasteiger partial charge on any atom is 0.155 e. The highest BCUT2D eigenvalue weighted by Crippen LogP contribution is 2.37. The lowest BCUT2D eigenvalue weighted by Gasteiger charge is -2.33. The number of rotatable bonds is 5. The van der Waals surface area contributed by atoms with Crippen molar-refractivity contribution >= 4 is 11.6 Å². The molecule has 5 rings (SSSR count). The van der Waals surface area contributed by atoms with Crippen molar-refractivity contribution in [1.29, 1.82) is 0 Å². The van der Waals surface area contributed by atoms with E-state index in [0.717, 1.165) is 48.9 Å². The van der Waals surface area contributed by atoms with Gasteiger partial charge in [0.1, 0.15) is 23.2 Å². The molecule has 1 fully saturated rings. The molecule has 8 nitrogen and oxygen atoms in total. The predicted molar refractivity (Wildman–Crippen MR) is 131 cm³/mol. The topological polar surface area (TPSA) is 85.3 Å². The molecule has 34 heavy (non-hydrogen) atoms. The van der Waals surface area contributed by atoms with Gasteiger partial charge < -0.3 is 20.3 Å². The summed E-state index contributed by atoms with van der Waals surface area (Å²) in [6.45, 7) is 3.90. The molecule has 2 N–H and O–H groups in total. The molecule has 3 aromatic heterocycles. The number of pyridine rings is 2. The highest BCUT2D eigenvalue weighted by Gasteiger charge is 2.18. The molecule has 4 aromatic rings. The van der Waals surface area contributed by atoms with Crippen molar-refractivity contribution in [3.63, 3.8) is 0 Å². The maximum atomic E-state index is 14.7. The molecule has 1 aliphatic rings. The first-order valence-corrected chi connectivity index (χ1v) is 11.1. The van der Waals surface area contributed by atoms with E-state index in [-0.39, 0.29) is 11.4 Å².